The van der Waals surface area contributed by atoms with Gasteiger partial charge in [0.25, 0.3) is 0 Å². The Morgan fingerprint density at radius 1 is 0.967 bits per heavy atom. The average Bonchev–Trinajstić information content (AvgIpc) is 2.69. The van der Waals surface area contributed by atoms with Crippen LogP contribution in [0.1, 0.15) is 88.2 Å². The van der Waals surface area contributed by atoms with Crippen LogP contribution >= 0.6 is 23.2 Å². The van der Waals surface area contributed by atoms with E-state index in [4.69, 9.17) is 23.2 Å². The van der Waals surface area contributed by atoms with Gasteiger partial charge in [-0.05, 0) is 111 Å². The van der Waals surface area contributed by atoms with E-state index in [-0.39, 0.29) is 0 Å². The Morgan fingerprint density at radius 3 is 2.10 bits per heavy atom. The lowest BCUT2D eigenvalue weighted by molar-refractivity contribution is -0.00272. The van der Waals surface area contributed by atoms with Crippen LogP contribution in [0.2, 0.25) is 10.0 Å². The van der Waals surface area contributed by atoms with Crippen LogP contribution in [0.25, 0.3) is 0 Å². The van der Waals surface area contributed by atoms with Crippen LogP contribution in [-0.2, 0) is 6.42 Å². The molecular weight excluding hydrogens is 409 g/mol. The Kier molecular flexibility index (Phi) is 6.15. The Labute approximate surface area is 193 Å². The summed E-state index contributed by atoms with van der Waals surface area (Å²) in [5, 5.41) is 5.46. The molecule has 4 bridgehead atoms. The minimum atomic E-state index is 0.496. The number of allylic oxidation sites excluding steroid dienone is 1. The van der Waals surface area contributed by atoms with E-state index in [2.05, 4.69) is 31.0 Å². The number of halogens is 2. The van der Waals surface area contributed by atoms with Crippen LogP contribution in [0.5, 0.6) is 0 Å². The first-order valence-corrected chi connectivity index (χ1v) is 13.2. The largest absolute Gasteiger partial charge is 0.386 e. The summed E-state index contributed by atoms with van der Waals surface area (Å²) in [4.78, 5) is 0. The molecule has 0 spiro atoms. The number of nitrogens with one attached hydrogen (secondary N) is 1. The lowest BCUT2D eigenvalue weighted by Crippen LogP contribution is -2.44. The Morgan fingerprint density at radius 2 is 1.53 bits per heavy atom. The summed E-state index contributed by atoms with van der Waals surface area (Å²) in [6.07, 6.45) is 14.7. The van der Waals surface area contributed by atoms with Crippen molar-refractivity contribution in [3.8, 4) is 0 Å². The zero-order chi connectivity index (χ0) is 20.8. The molecule has 5 fully saturated rings. The quantitative estimate of drug-likeness (QED) is 0.465. The summed E-state index contributed by atoms with van der Waals surface area (Å²) in [6, 6.07) is 4.84. The van der Waals surface area contributed by atoms with Crippen molar-refractivity contribution in [1.29, 1.82) is 0 Å². The van der Waals surface area contributed by atoms with Crippen molar-refractivity contribution in [3.63, 3.8) is 0 Å². The van der Waals surface area contributed by atoms with Crippen molar-refractivity contribution in [3.05, 3.63) is 45.6 Å². The second-order valence-corrected chi connectivity index (χ2v) is 11.9. The van der Waals surface area contributed by atoms with E-state index in [0.29, 0.717) is 12.0 Å². The highest BCUT2D eigenvalue weighted by atomic mass is 35.5. The normalized spacial score (nSPS) is 34.2. The molecule has 5 saturated carbocycles. The number of hydrogen-bond acceptors (Lipinski definition) is 1. The highest BCUT2D eigenvalue weighted by Gasteiger charge is 2.49. The van der Waals surface area contributed by atoms with E-state index < -0.39 is 0 Å². The monoisotopic (exact) mass is 445 g/mol. The molecule has 0 aromatic heterocycles. The lowest BCUT2D eigenvalue weighted by Gasteiger charge is -2.55. The fourth-order valence-corrected chi connectivity index (χ4v) is 8.61. The maximum absolute atomic E-state index is 6.90. The molecule has 1 atom stereocenters. The molecule has 5 aliphatic rings. The van der Waals surface area contributed by atoms with Gasteiger partial charge in [0.2, 0.25) is 0 Å². The minimum Gasteiger partial charge on any atom is -0.386 e. The van der Waals surface area contributed by atoms with Crippen molar-refractivity contribution < 1.29 is 0 Å². The number of benzene rings is 1. The molecule has 1 N–H and O–H groups in total. The summed E-state index contributed by atoms with van der Waals surface area (Å²) in [6.45, 7) is 6.63. The molecule has 164 valence electrons. The van der Waals surface area contributed by atoms with Crippen molar-refractivity contribution in [2.24, 2.45) is 29.6 Å². The highest BCUT2D eigenvalue weighted by molar-refractivity contribution is 6.36. The van der Waals surface area contributed by atoms with Gasteiger partial charge in [-0.15, -0.1) is 0 Å². The van der Waals surface area contributed by atoms with E-state index in [9.17, 15) is 0 Å². The van der Waals surface area contributed by atoms with Gasteiger partial charge in [0, 0.05) is 28.2 Å². The van der Waals surface area contributed by atoms with Gasteiger partial charge < -0.3 is 5.32 Å². The average molecular weight is 447 g/mol. The molecular formula is C27H37Cl2N. The van der Waals surface area contributed by atoms with Gasteiger partial charge >= 0.3 is 0 Å². The van der Waals surface area contributed by atoms with E-state index in [1.165, 1.54) is 75.3 Å². The summed E-state index contributed by atoms with van der Waals surface area (Å²) in [7, 11) is 0. The SMILES string of the molecule is C=C(Cc1cc(Cl)c(C2C3CC4CC(C3)CC2C4)c(Cl)c1)NC(C)C1CCCCC1. The van der Waals surface area contributed by atoms with Crippen LogP contribution in [-0.4, -0.2) is 6.04 Å². The van der Waals surface area contributed by atoms with E-state index in [1.807, 2.05) is 0 Å². The van der Waals surface area contributed by atoms with Gasteiger partial charge in [0.1, 0.15) is 0 Å². The molecule has 0 radical (unpaired) electrons. The van der Waals surface area contributed by atoms with Gasteiger partial charge in [-0.2, -0.15) is 0 Å². The Bertz CT molecular complexity index is 743. The first-order chi connectivity index (χ1) is 14.5. The fraction of sp³-hybridized carbons (Fsp3) is 0.704. The fourth-order valence-electron chi connectivity index (χ4n) is 7.83. The van der Waals surface area contributed by atoms with Gasteiger partial charge in [-0.1, -0.05) is 49.0 Å². The summed E-state index contributed by atoms with van der Waals surface area (Å²) in [5.74, 6) is 4.91. The molecule has 5 aliphatic carbocycles. The third kappa shape index (κ3) is 4.18. The summed E-state index contributed by atoms with van der Waals surface area (Å²) >= 11 is 13.8. The van der Waals surface area contributed by atoms with Gasteiger partial charge in [0.05, 0.1) is 0 Å². The molecule has 1 nitrogen and oxygen atoms in total. The van der Waals surface area contributed by atoms with Gasteiger partial charge in [-0.25, -0.2) is 0 Å². The standard InChI is InChI=1S/C27H37Cl2N/c1-16(30-17(2)21-6-4-3-5-7-21)8-18-14-24(28)27(25(29)15-18)26-22-10-19-9-20(12-22)13-23(26)11-19/h14-15,17,19-23,26,30H,1,3-13H2,2H3. The summed E-state index contributed by atoms with van der Waals surface area (Å²) < 4.78 is 0. The second kappa shape index (κ2) is 8.70. The molecule has 3 heteroatoms. The molecule has 1 unspecified atom stereocenters. The Hall–Kier alpha value is -0.660. The molecule has 30 heavy (non-hydrogen) atoms. The van der Waals surface area contributed by atoms with Crippen LogP contribution < -0.4 is 5.32 Å². The van der Waals surface area contributed by atoms with Crippen LogP contribution in [0.3, 0.4) is 0 Å². The smallest absolute Gasteiger partial charge is 0.0458 e. The topological polar surface area (TPSA) is 12.0 Å². The predicted molar refractivity (Wildman–Crippen MR) is 128 cm³/mol. The molecule has 1 aromatic rings. The van der Waals surface area contributed by atoms with Gasteiger partial charge in [0.15, 0.2) is 0 Å². The molecule has 0 amide bonds. The summed E-state index contributed by atoms with van der Waals surface area (Å²) in [5.41, 5.74) is 3.53. The molecule has 0 saturated heterocycles. The van der Waals surface area contributed by atoms with Crippen LogP contribution in [0.15, 0.2) is 24.4 Å². The number of rotatable bonds is 6. The maximum atomic E-state index is 6.90. The zero-order valence-electron chi connectivity index (χ0n) is 18.4. The number of hydrogen-bond donors (Lipinski definition) is 1. The van der Waals surface area contributed by atoms with E-state index >= 15 is 0 Å². The van der Waals surface area contributed by atoms with Crippen molar-refractivity contribution in [1.82, 2.24) is 5.32 Å². The van der Waals surface area contributed by atoms with E-state index in [1.54, 1.807) is 0 Å². The predicted octanol–water partition coefficient (Wildman–Crippen LogP) is 8.15. The van der Waals surface area contributed by atoms with Crippen molar-refractivity contribution in [2.45, 2.75) is 89.5 Å². The van der Waals surface area contributed by atoms with Crippen molar-refractivity contribution >= 4 is 23.2 Å². The maximum Gasteiger partial charge on any atom is 0.0458 e. The molecule has 0 aliphatic heterocycles. The van der Waals surface area contributed by atoms with Gasteiger partial charge in [-0.3, -0.25) is 0 Å². The first kappa shape index (κ1) is 21.2. The first-order valence-electron chi connectivity index (χ1n) is 12.4. The lowest BCUT2D eigenvalue weighted by atomic mass is 9.50. The molecule has 0 heterocycles. The van der Waals surface area contributed by atoms with Crippen LogP contribution in [0.4, 0.5) is 0 Å². The van der Waals surface area contributed by atoms with Crippen molar-refractivity contribution in [2.75, 3.05) is 0 Å². The third-order valence-corrected chi connectivity index (χ3v) is 9.53. The molecule has 6 rings (SSSR count). The van der Waals surface area contributed by atoms with E-state index in [0.717, 1.165) is 51.8 Å². The third-order valence-electron chi connectivity index (χ3n) is 8.91. The van der Waals surface area contributed by atoms with Crippen LogP contribution in [0, 0.1) is 29.6 Å². The minimum absolute atomic E-state index is 0.496. The second-order valence-electron chi connectivity index (χ2n) is 11.0. The molecule has 1 aromatic carbocycles. The highest BCUT2D eigenvalue weighted by Crippen LogP contribution is 2.61. The zero-order valence-corrected chi connectivity index (χ0v) is 19.9. The Balaban J connectivity index is 1.27.